The molecule has 0 amide bonds. The second kappa shape index (κ2) is 7.02. The summed E-state index contributed by atoms with van der Waals surface area (Å²) in [4.78, 5) is 11.3. The zero-order chi connectivity index (χ0) is 16.2. The maximum atomic E-state index is 12.4. The molecule has 0 saturated heterocycles. The fraction of sp³-hybridized carbons (Fsp3) is 0.500. The van der Waals surface area contributed by atoms with Crippen LogP contribution in [0.25, 0.3) is 0 Å². The zero-order valence-electron chi connectivity index (χ0n) is 12.6. The molecule has 0 radical (unpaired) electrons. The number of hydrogen-bond acceptors (Lipinski definition) is 4. The van der Waals surface area contributed by atoms with Gasteiger partial charge in [-0.25, -0.2) is 8.42 Å². The predicted molar refractivity (Wildman–Crippen MR) is 78.9 cm³/mol. The van der Waals surface area contributed by atoms with E-state index in [1.54, 1.807) is 26.0 Å². The molecule has 0 aliphatic rings. The van der Waals surface area contributed by atoms with Gasteiger partial charge < -0.3 is 9.84 Å². The number of rotatable bonds is 7. The average Bonchev–Trinajstić information content (AvgIpc) is 2.32. The molecule has 6 nitrogen and oxygen atoms in total. The monoisotopic (exact) mass is 315 g/mol. The minimum Gasteiger partial charge on any atom is -0.480 e. The van der Waals surface area contributed by atoms with Gasteiger partial charge in [-0.1, -0.05) is 17.7 Å². The van der Waals surface area contributed by atoms with Crippen molar-refractivity contribution in [2.45, 2.75) is 38.1 Å². The lowest BCUT2D eigenvalue weighted by Gasteiger charge is -2.17. The highest BCUT2D eigenvalue weighted by Gasteiger charge is 2.27. The van der Waals surface area contributed by atoms with Crippen molar-refractivity contribution in [3.8, 4) is 0 Å². The highest BCUT2D eigenvalue weighted by Crippen LogP contribution is 2.22. The molecule has 0 saturated carbocycles. The molecule has 0 bridgehead atoms. The Hall–Kier alpha value is -1.44. The first kappa shape index (κ1) is 17.6. The minimum atomic E-state index is -3.90. The van der Waals surface area contributed by atoms with Crippen molar-refractivity contribution < 1.29 is 23.1 Å². The lowest BCUT2D eigenvalue weighted by atomic mass is 10.1. The number of carboxylic acids is 1. The van der Waals surface area contributed by atoms with Crippen LogP contribution < -0.4 is 4.72 Å². The SMILES string of the molecule is COCCC(NS(=O)(=O)c1c(C)cc(C)cc1C)C(=O)O. The van der Waals surface area contributed by atoms with Crippen LogP contribution in [0, 0.1) is 20.8 Å². The van der Waals surface area contributed by atoms with E-state index in [9.17, 15) is 13.2 Å². The lowest BCUT2D eigenvalue weighted by molar-refractivity contribution is -0.139. The van der Waals surface area contributed by atoms with Crippen molar-refractivity contribution >= 4 is 16.0 Å². The van der Waals surface area contributed by atoms with Gasteiger partial charge in [0.15, 0.2) is 0 Å². The van der Waals surface area contributed by atoms with E-state index in [0.29, 0.717) is 11.1 Å². The van der Waals surface area contributed by atoms with Crippen LogP contribution in [0.5, 0.6) is 0 Å². The van der Waals surface area contributed by atoms with Crippen molar-refractivity contribution in [1.29, 1.82) is 0 Å². The van der Waals surface area contributed by atoms with Gasteiger partial charge in [-0.05, 0) is 38.3 Å². The highest BCUT2D eigenvalue weighted by molar-refractivity contribution is 7.89. The Morgan fingerprint density at radius 3 is 2.24 bits per heavy atom. The summed E-state index contributed by atoms with van der Waals surface area (Å²) in [5.74, 6) is -1.22. The van der Waals surface area contributed by atoms with E-state index in [4.69, 9.17) is 9.84 Å². The first-order chi connectivity index (χ1) is 9.69. The van der Waals surface area contributed by atoms with Crippen LogP contribution in [0.1, 0.15) is 23.1 Å². The van der Waals surface area contributed by atoms with E-state index in [2.05, 4.69) is 4.72 Å². The van der Waals surface area contributed by atoms with E-state index in [0.717, 1.165) is 5.56 Å². The van der Waals surface area contributed by atoms with Gasteiger partial charge in [-0.15, -0.1) is 0 Å². The van der Waals surface area contributed by atoms with Crippen LogP contribution in [0.4, 0.5) is 0 Å². The molecule has 1 rings (SSSR count). The quantitative estimate of drug-likeness (QED) is 0.793. The molecule has 1 aromatic rings. The molecule has 1 aromatic carbocycles. The first-order valence-electron chi connectivity index (χ1n) is 6.51. The third-order valence-electron chi connectivity index (χ3n) is 3.08. The summed E-state index contributed by atoms with van der Waals surface area (Å²) in [5, 5.41) is 9.11. The smallest absolute Gasteiger partial charge is 0.321 e. The third-order valence-corrected chi connectivity index (χ3v) is 4.86. The standard InChI is InChI=1S/C14H21NO5S/c1-9-7-10(2)13(11(3)8-9)21(18,19)15-12(14(16)17)5-6-20-4/h7-8,12,15H,5-6H2,1-4H3,(H,16,17). The molecular weight excluding hydrogens is 294 g/mol. The van der Waals surface area contributed by atoms with Gasteiger partial charge in [0, 0.05) is 13.7 Å². The van der Waals surface area contributed by atoms with Gasteiger partial charge in [-0.3, -0.25) is 4.79 Å². The summed E-state index contributed by atoms with van der Waals surface area (Å²) in [5.41, 5.74) is 2.14. The Bertz CT molecular complexity index is 601. The fourth-order valence-electron chi connectivity index (χ4n) is 2.31. The molecule has 7 heteroatoms. The van der Waals surface area contributed by atoms with E-state index >= 15 is 0 Å². The van der Waals surface area contributed by atoms with Crippen molar-refractivity contribution in [3.63, 3.8) is 0 Å². The Labute approximate surface area is 125 Å². The lowest BCUT2D eigenvalue weighted by Crippen LogP contribution is -2.41. The molecule has 118 valence electrons. The van der Waals surface area contributed by atoms with Gasteiger partial charge >= 0.3 is 5.97 Å². The molecule has 1 unspecified atom stereocenters. The summed E-state index contributed by atoms with van der Waals surface area (Å²) in [7, 11) is -2.47. The number of benzene rings is 1. The topological polar surface area (TPSA) is 92.7 Å². The van der Waals surface area contributed by atoms with E-state index in [1.165, 1.54) is 7.11 Å². The van der Waals surface area contributed by atoms with Gasteiger partial charge in [0.25, 0.3) is 0 Å². The van der Waals surface area contributed by atoms with Crippen LogP contribution >= 0.6 is 0 Å². The van der Waals surface area contributed by atoms with Crippen LogP contribution in [0.3, 0.4) is 0 Å². The summed E-state index contributed by atoms with van der Waals surface area (Å²) in [6.45, 7) is 5.42. The normalized spacial score (nSPS) is 13.1. The molecule has 21 heavy (non-hydrogen) atoms. The second-order valence-corrected chi connectivity index (χ2v) is 6.67. The molecule has 0 spiro atoms. The number of ether oxygens (including phenoxy) is 1. The number of aryl methyl sites for hydroxylation is 3. The summed E-state index contributed by atoms with van der Waals surface area (Å²) in [6, 6.07) is 2.30. The van der Waals surface area contributed by atoms with Gasteiger partial charge in [0.2, 0.25) is 10.0 Å². The minimum absolute atomic E-state index is 0.0645. The van der Waals surface area contributed by atoms with Crippen molar-refractivity contribution in [1.82, 2.24) is 4.72 Å². The summed E-state index contributed by atoms with van der Waals surface area (Å²) < 4.78 is 31.9. The summed E-state index contributed by atoms with van der Waals surface area (Å²) in [6.07, 6.45) is 0.0645. The van der Waals surface area contributed by atoms with Crippen LogP contribution in [-0.4, -0.2) is 39.3 Å². The number of carbonyl (C=O) groups is 1. The molecule has 0 aliphatic carbocycles. The van der Waals surface area contributed by atoms with E-state index in [-0.39, 0.29) is 17.9 Å². The van der Waals surface area contributed by atoms with E-state index < -0.39 is 22.0 Å². The number of carboxylic acid groups (broad SMARTS) is 1. The maximum absolute atomic E-state index is 12.4. The third kappa shape index (κ3) is 4.52. The highest BCUT2D eigenvalue weighted by atomic mass is 32.2. The zero-order valence-corrected chi connectivity index (χ0v) is 13.5. The molecular formula is C14H21NO5S. The molecule has 1 atom stereocenters. The van der Waals surface area contributed by atoms with Crippen molar-refractivity contribution in [3.05, 3.63) is 28.8 Å². The number of methoxy groups -OCH3 is 1. The van der Waals surface area contributed by atoms with E-state index in [1.807, 2.05) is 6.92 Å². The van der Waals surface area contributed by atoms with Gasteiger partial charge in [0.05, 0.1) is 4.90 Å². The molecule has 0 heterocycles. The number of sulfonamides is 1. The average molecular weight is 315 g/mol. The fourth-order valence-corrected chi connectivity index (χ4v) is 3.98. The molecule has 0 aromatic heterocycles. The van der Waals surface area contributed by atoms with Crippen LogP contribution in [-0.2, 0) is 19.6 Å². The maximum Gasteiger partial charge on any atom is 0.321 e. The Kier molecular flexibility index (Phi) is 5.88. The van der Waals surface area contributed by atoms with Gasteiger partial charge in [-0.2, -0.15) is 4.72 Å². The molecule has 0 aliphatic heterocycles. The number of hydrogen-bond donors (Lipinski definition) is 2. The number of aliphatic carboxylic acids is 1. The predicted octanol–water partition coefficient (Wildman–Crippen LogP) is 1.38. The van der Waals surface area contributed by atoms with Crippen LogP contribution in [0.15, 0.2) is 17.0 Å². The summed E-state index contributed by atoms with van der Waals surface area (Å²) >= 11 is 0. The Balaban J connectivity index is 3.14. The van der Waals surface area contributed by atoms with Gasteiger partial charge in [0.1, 0.15) is 6.04 Å². The second-order valence-electron chi connectivity index (χ2n) is 5.02. The number of nitrogens with one attached hydrogen (secondary N) is 1. The van der Waals surface area contributed by atoms with Crippen molar-refractivity contribution in [2.75, 3.05) is 13.7 Å². The Morgan fingerprint density at radius 1 is 1.29 bits per heavy atom. The Morgan fingerprint density at radius 2 is 1.81 bits per heavy atom. The molecule has 0 fully saturated rings. The van der Waals surface area contributed by atoms with Crippen LogP contribution in [0.2, 0.25) is 0 Å². The largest absolute Gasteiger partial charge is 0.480 e. The van der Waals surface area contributed by atoms with Crippen molar-refractivity contribution in [2.24, 2.45) is 0 Å². The molecule has 2 N–H and O–H groups in total. The first-order valence-corrected chi connectivity index (χ1v) is 7.99.